The van der Waals surface area contributed by atoms with Gasteiger partial charge in [0.1, 0.15) is 23.2 Å². The van der Waals surface area contributed by atoms with Gasteiger partial charge in [0.15, 0.2) is 0 Å². The minimum Gasteiger partial charge on any atom is -0.363 e. The molecule has 0 bridgehead atoms. The van der Waals surface area contributed by atoms with Crippen molar-refractivity contribution in [2.24, 2.45) is 0 Å². The number of amides is 1. The summed E-state index contributed by atoms with van der Waals surface area (Å²) in [5.41, 5.74) is 1.94. The third-order valence-electron chi connectivity index (χ3n) is 3.60. The summed E-state index contributed by atoms with van der Waals surface area (Å²) >= 11 is 0. The van der Waals surface area contributed by atoms with Gasteiger partial charge in [0, 0.05) is 37.7 Å². The van der Waals surface area contributed by atoms with Crippen LogP contribution in [0.4, 0.5) is 23.0 Å². The Balaban J connectivity index is 1.69. The third kappa shape index (κ3) is 4.32. The lowest BCUT2D eigenvalue weighted by Gasteiger charge is -2.14. The predicted molar refractivity (Wildman–Crippen MR) is 103 cm³/mol. The molecule has 0 aliphatic rings. The molecule has 3 aromatic rings. The number of aryl methyl sites for hydroxylation is 1. The smallest absolute Gasteiger partial charge is 0.274 e. The molecule has 26 heavy (non-hydrogen) atoms. The van der Waals surface area contributed by atoms with Crippen molar-refractivity contribution in [2.45, 2.75) is 6.92 Å². The van der Waals surface area contributed by atoms with Crippen LogP contribution in [0.3, 0.4) is 0 Å². The number of anilines is 4. The van der Waals surface area contributed by atoms with E-state index >= 15 is 0 Å². The molecule has 1 amide bonds. The zero-order valence-corrected chi connectivity index (χ0v) is 14.9. The first-order valence-corrected chi connectivity index (χ1v) is 8.14. The van der Waals surface area contributed by atoms with Crippen LogP contribution in [0.1, 0.15) is 16.3 Å². The van der Waals surface area contributed by atoms with Crippen molar-refractivity contribution in [1.82, 2.24) is 15.0 Å². The van der Waals surface area contributed by atoms with Crippen molar-refractivity contribution in [3.8, 4) is 0 Å². The molecule has 132 valence electrons. The number of pyridine rings is 1. The number of nitrogens with one attached hydrogen (secondary N) is 2. The van der Waals surface area contributed by atoms with Gasteiger partial charge >= 0.3 is 0 Å². The molecule has 2 aromatic heterocycles. The van der Waals surface area contributed by atoms with E-state index < -0.39 is 0 Å². The van der Waals surface area contributed by atoms with Crippen LogP contribution < -0.4 is 15.5 Å². The van der Waals surface area contributed by atoms with E-state index in [0.29, 0.717) is 23.0 Å². The largest absolute Gasteiger partial charge is 0.363 e. The Labute approximate surface area is 152 Å². The Kier molecular flexibility index (Phi) is 5.07. The van der Waals surface area contributed by atoms with Gasteiger partial charge in [0.25, 0.3) is 5.91 Å². The summed E-state index contributed by atoms with van der Waals surface area (Å²) in [5, 5.41) is 6.07. The number of aromatic nitrogens is 3. The van der Waals surface area contributed by atoms with E-state index in [1.807, 2.05) is 56.3 Å². The summed E-state index contributed by atoms with van der Waals surface area (Å²) in [4.78, 5) is 26.8. The highest BCUT2D eigenvalue weighted by Crippen LogP contribution is 2.20. The summed E-state index contributed by atoms with van der Waals surface area (Å²) in [7, 11) is 3.87. The van der Waals surface area contributed by atoms with Crippen LogP contribution in [-0.2, 0) is 0 Å². The number of carbonyl (C=O) groups excluding carboxylic acids is 1. The SMILES string of the molecule is Cc1nc(Nc2ccc(NC(=O)c3ccccn3)cc2)cc(N(C)C)n1. The molecule has 0 saturated carbocycles. The number of nitrogens with zero attached hydrogens (tertiary/aromatic N) is 4. The zero-order chi connectivity index (χ0) is 18.5. The molecule has 2 heterocycles. The third-order valence-corrected chi connectivity index (χ3v) is 3.60. The van der Waals surface area contributed by atoms with Crippen molar-refractivity contribution in [1.29, 1.82) is 0 Å². The van der Waals surface area contributed by atoms with Crippen LogP contribution in [0, 0.1) is 6.92 Å². The van der Waals surface area contributed by atoms with Crippen molar-refractivity contribution >= 4 is 28.9 Å². The summed E-state index contributed by atoms with van der Waals surface area (Å²) in [6.45, 7) is 1.86. The fourth-order valence-electron chi connectivity index (χ4n) is 2.32. The van der Waals surface area contributed by atoms with Crippen molar-refractivity contribution < 1.29 is 4.79 Å². The molecule has 0 saturated heterocycles. The maximum Gasteiger partial charge on any atom is 0.274 e. The first-order valence-electron chi connectivity index (χ1n) is 8.14. The van der Waals surface area contributed by atoms with Crippen LogP contribution in [0.15, 0.2) is 54.7 Å². The number of hydrogen-bond donors (Lipinski definition) is 2. The van der Waals surface area contributed by atoms with Crippen molar-refractivity contribution in [3.63, 3.8) is 0 Å². The molecule has 0 spiro atoms. The Morgan fingerprint density at radius 2 is 1.73 bits per heavy atom. The number of benzene rings is 1. The van der Waals surface area contributed by atoms with Crippen LogP contribution in [0.25, 0.3) is 0 Å². The maximum absolute atomic E-state index is 12.1. The second-order valence-electron chi connectivity index (χ2n) is 5.92. The van der Waals surface area contributed by atoms with Crippen LogP contribution in [0.2, 0.25) is 0 Å². The number of rotatable bonds is 5. The lowest BCUT2D eigenvalue weighted by molar-refractivity contribution is 0.102. The molecular weight excluding hydrogens is 328 g/mol. The molecule has 3 rings (SSSR count). The van der Waals surface area contributed by atoms with Crippen molar-refractivity contribution in [3.05, 3.63) is 66.2 Å². The summed E-state index contributed by atoms with van der Waals surface area (Å²) in [6, 6.07) is 14.5. The number of hydrogen-bond acceptors (Lipinski definition) is 6. The molecule has 1 aromatic carbocycles. The molecule has 2 N–H and O–H groups in total. The fraction of sp³-hybridized carbons (Fsp3) is 0.158. The first kappa shape index (κ1) is 17.3. The van der Waals surface area contributed by atoms with Gasteiger partial charge in [-0.1, -0.05) is 6.07 Å². The Morgan fingerprint density at radius 3 is 2.38 bits per heavy atom. The van der Waals surface area contributed by atoms with E-state index in [1.54, 1.807) is 24.4 Å². The van der Waals surface area contributed by atoms with Gasteiger partial charge in [-0.2, -0.15) is 0 Å². The van der Waals surface area contributed by atoms with E-state index in [-0.39, 0.29) is 5.91 Å². The average molecular weight is 348 g/mol. The second kappa shape index (κ2) is 7.60. The molecule has 0 aliphatic carbocycles. The van der Waals surface area contributed by atoms with Gasteiger partial charge in [0.2, 0.25) is 0 Å². The highest BCUT2D eigenvalue weighted by molar-refractivity contribution is 6.02. The minimum absolute atomic E-state index is 0.242. The van der Waals surface area contributed by atoms with Gasteiger partial charge in [0.05, 0.1) is 0 Å². The van der Waals surface area contributed by atoms with Gasteiger partial charge in [-0.05, 0) is 43.3 Å². The van der Waals surface area contributed by atoms with E-state index in [2.05, 4.69) is 25.6 Å². The van der Waals surface area contributed by atoms with E-state index in [9.17, 15) is 4.79 Å². The Bertz CT molecular complexity index is 894. The van der Waals surface area contributed by atoms with E-state index in [0.717, 1.165) is 11.5 Å². The van der Waals surface area contributed by atoms with Crippen molar-refractivity contribution in [2.75, 3.05) is 29.6 Å². The minimum atomic E-state index is -0.242. The highest BCUT2D eigenvalue weighted by atomic mass is 16.1. The van der Waals surface area contributed by atoms with Crippen LogP contribution in [0.5, 0.6) is 0 Å². The Morgan fingerprint density at radius 1 is 1.00 bits per heavy atom. The molecule has 0 fully saturated rings. The topological polar surface area (TPSA) is 83.0 Å². The predicted octanol–water partition coefficient (Wildman–Crippen LogP) is 3.24. The molecule has 0 atom stereocenters. The van der Waals surface area contributed by atoms with Gasteiger partial charge < -0.3 is 15.5 Å². The molecular formula is C19H20N6O. The maximum atomic E-state index is 12.1. The quantitative estimate of drug-likeness (QED) is 0.736. The molecule has 7 heteroatoms. The second-order valence-corrected chi connectivity index (χ2v) is 5.92. The Hall–Kier alpha value is -3.48. The zero-order valence-electron chi connectivity index (χ0n) is 14.9. The molecule has 0 radical (unpaired) electrons. The lowest BCUT2D eigenvalue weighted by Crippen LogP contribution is -2.13. The summed E-state index contributed by atoms with van der Waals surface area (Å²) in [6.07, 6.45) is 1.59. The van der Waals surface area contributed by atoms with E-state index in [1.165, 1.54) is 0 Å². The van der Waals surface area contributed by atoms with Gasteiger partial charge in [-0.15, -0.1) is 0 Å². The van der Waals surface area contributed by atoms with Gasteiger partial charge in [-0.3, -0.25) is 9.78 Å². The van der Waals surface area contributed by atoms with Gasteiger partial charge in [-0.25, -0.2) is 9.97 Å². The highest BCUT2D eigenvalue weighted by Gasteiger charge is 2.07. The van der Waals surface area contributed by atoms with Crippen LogP contribution >= 0.6 is 0 Å². The normalized spacial score (nSPS) is 10.3. The first-order chi connectivity index (χ1) is 12.5. The van der Waals surface area contributed by atoms with Crippen LogP contribution in [-0.4, -0.2) is 35.0 Å². The monoisotopic (exact) mass is 348 g/mol. The summed E-state index contributed by atoms with van der Waals surface area (Å²) in [5.74, 6) is 2.00. The number of carbonyl (C=O) groups is 1. The lowest BCUT2D eigenvalue weighted by atomic mass is 10.2. The fourth-order valence-corrected chi connectivity index (χ4v) is 2.32. The summed E-state index contributed by atoms with van der Waals surface area (Å²) < 4.78 is 0. The average Bonchev–Trinajstić information content (AvgIpc) is 2.63. The molecule has 0 aliphatic heterocycles. The van der Waals surface area contributed by atoms with E-state index in [4.69, 9.17) is 0 Å². The standard InChI is InChI=1S/C19H20N6O/c1-13-21-17(12-18(22-13)25(2)3)23-14-7-9-15(10-8-14)24-19(26)16-6-4-5-11-20-16/h4-12H,1-3H3,(H,24,26)(H,21,22,23). The molecule has 7 nitrogen and oxygen atoms in total. The molecule has 0 unspecified atom stereocenters.